The molecule has 0 bridgehead atoms. The molecule has 4 aromatic rings. The van der Waals surface area contributed by atoms with Crippen LogP contribution in [0.4, 0.5) is 5.82 Å². The number of carbonyl (C=O) groups is 2. The van der Waals surface area contributed by atoms with Crippen molar-refractivity contribution in [1.82, 2.24) is 10.3 Å². The largest absolute Gasteiger partial charge is 0.487 e. The Bertz CT molecular complexity index is 1510. The zero-order chi connectivity index (χ0) is 24.2. The lowest BCUT2D eigenvalue weighted by Crippen LogP contribution is -2.29. The van der Waals surface area contributed by atoms with Gasteiger partial charge in [0.25, 0.3) is 5.91 Å². The van der Waals surface area contributed by atoms with E-state index in [1.165, 1.54) is 0 Å². The van der Waals surface area contributed by atoms with Gasteiger partial charge < -0.3 is 24.5 Å². The Morgan fingerprint density at radius 3 is 2.83 bits per heavy atom. The summed E-state index contributed by atoms with van der Waals surface area (Å²) in [5.41, 5.74) is 2.81. The topological polar surface area (TPSA) is 103 Å². The summed E-state index contributed by atoms with van der Waals surface area (Å²) >= 11 is 0. The van der Waals surface area contributed by atoms with Crippen LogP contribution in [0.3, 0.4) is 0 Å². The van der Waals surface area contributed by atoms with E-state index in [1.807, 2.05) is 48.5 Å². The van der Waals surface area contributed by atoms with Crippen LogP contribution in [0.15, 0.2) is 77.3 Å². The molecule has 36 heavy (non-hydrogen) atoms. The van der Waals surface area contributed by atoms with Crippen LogP contribution in [0.25, 0.3) is 11.3 Å². The number of hydrogen-bond donors (Lipinski definition) is 2. The molecule has 8 heteroatoms. The molecule has 1 fully saturated rings. The van der Waals surface area contributed by atoms with Crippen LogP contribution in [0.5, 0.6) is 17.2 Å². The zero-order valence-electron chi connectivity index (χ0n) is 19.1. The monoisotopic (exact) mass is 479 g/mol. The molecule has 3 atom stereocenters. The van der Waals surface area contributed by atoms with Gasteiger partial charge >= 0.3 is 0 Å². The highest BCUT2D eigenvalue weighted by Crippen LogP contribution is 2.54. The Kier molecular flexibility index (Phi) is 4.60. The van der Waals surface area contributed by atoms with Gasteiger partial charge in [0.2, 0.25) is 5.91 Å². The molecule has 0 unspecified atom stereocenters. The van der Waals surface area contributed by atoms with Crippen molar-refractivity contribution in [3.8, 4) is 28.6 Å². The minimum absolute atomic E-state index is 0.0412. The minimum atomic E-state index is -0.264. The van der Waals surface area contributed by atoms with Crippen molar-refractivity contribution >= 4 is 17.6 Å². The van der Waals surface area contributed by atoms with Crippen LogP contribution in [0.2, 0.25) is 0 Å². The number of hydrogen-bond acceptors (Lipinski definition) is 6. The first-order valence-electron chi connectivity index (χ1n) is 11.9. The average Bonchev–Trinajstić information content (AvgIpc) is 3.23. The fraction of sp³-hybridized carbons (Fsp3) is 0.179. The number of benzene rings is 2. The molecule has 2 N–H and O–H groups in total. The second-order valence-electron chi connectivity index (χ2n) is 9.12. The van der Waals surface area contributed by atoms with E-state index in [4.69, 9.17) is 13.9 Å². The summed E-state index contributed by atoms with van der Waals surface area (Å²) in [4.78, 5) is 28.8. The summed E-state index contributed by atoms with van der Waals surface area (Å²) < 4.78 is 18.0. The maximum absolute atomic E-state index is 12.8. The molecule has 178 valence electrons. The second-order valence-corrected chi connectivity index (χ2v) is 9.12. The molecular weight excluding hydrogens is 458 g/mol. The van der Waals surface area contributed by atoms with Gasteiger partial charge in [0.1, 0.15) is 34.9 Å². The van der Waals surface area contributed by atoms with Gasteiger partial charge in [-0.15, -0.1) is 0 Å². The Hall–Kier alpha value is -4.59. The van der Waals surface area contributed by atoms with Gasteiger partial charge in [-0.1, -0.05) is 30.3 Å². The highest BCUT2D eigenvalue weighted by atomic mass is 16.5. The molecular formula is C28H21N3O5. The molecule has 8 nitrogen and oxygen atoms in total. The van der Waals surface area contributed by atoms with Crippen LogP contribution >= 0.6 is 0 Å². The van der Waals surface area contributed by atoms with Gasteiger partial charge in [-0.3, -0.25) is 9.59 Å². The predicted octanol–water partition coefficient (Wildman–Crippen LogP) is 4.68. The van der Waals surface area contributed by atoms with E-state index in [2.05, 4.69) is 15.6 Å². The van der Waals surface area contributed by atoms with Crippen LogP contribution in [-0.2, 0) is 11.2 Å². The summed E-state index contributed by atoms with van der Waals surface area (Å²) in [6, 6.07) is 20.5. The molecule has 7 rings (SSSR count). The van der Waals surface area contributed by atoms with E-state index < -0.39 is 0 Å². The van der Waals surface area contributed by atoms with Crippen molar-refractivity contribution in [2.45, 2.75) is 30.9 Å². The van der Waals surface area contributed by atoms with Gasteiger partial charge in [0.05, 0.1) is 12.0 Å². The van der Waals surface area contributed by atoms with Crippen LogP contribution in [0, 0.1) is 0 Å². The van der Waals surface area contributed by atoms with Crippen LogP contribution in [0.1, 0.15) is 34.0 Å². The van der Waals surface area contributed by atoms with Crippen LogP contribution < -0.4 is 20.1 Å². The number of rotatable bonds is 5. The number of aromatic nitrogens is 1. The molecule has 0 radical (unpaired) electrons. The zero-order valence-corrected chi connectivity index (χ0v) is 19.1. The van der Waals surface area contributed by atoms with Crippen molar-refractivity contribution in [3.63, 3.8) is 0 Å². The number of nitrogens with zero attached hydrogens (tertiary/aromatic N) is 1. The van der Waals surface area contributed by atoms with Gasteiger partial charge in [0.15, 0.2) is 5.76 Å². The van der Waals surface area contributed by atoms with E-state index >= 15 is 0 Å². The quantitative estimate of drug-likeness (QED) is 0.431. The third kappa shape index (κ3) is 3.50. The molecule has 4 heterocycles. The number of ether oxygens (including phenoxy) is 2. The van der Waals surface area contributed by atoms with Crippen molar-refractivity contribution < 1.29 is 23.5 Å². The predicted molar refractivity (Wildman–Crippen MR) is 130 cm³/mol. The van der Waals surface area contributed by atoms with Gasteiger partial charge in [-0.25, -0.2) is 4.98 Å². The molecule has 0 spiro atoms. The van der Waals surface area contributed by atoms with E-state index in [0.717, 1.165) is 22.4 Å². The maximum atomic E-state index is 12.8. The third-order valence-corrected chi connectivity index (χ3v) is 6.84. The Balaban J connectivity index is 1.06. The summed E-state index contributed by atoms with van der Waals surface area (Å²) in [6.45, 7) is 0. The maximum Gasteiger partial charge on any atom is 0.287 e. The van der Waals surface area contributed by atoms with Gasteiger partial charge in [0, 0.05) is 29.3 Å². The van der Waals surface area contributed by atoms with Gasteiger partial charge in [-0.05, 0) is 42.8 Å². The smallest absolute Gasteiger partial charge is 0.287 e. The van der Waals surface area contributed by atoms with E-state index in [1.54, 1.807) is 24.4 Å². The second kappa shape index (κ2) is 7.98. The minimum Gasteiger partial charge on any atom is -0.487 e. The lowest BCUT2D eigenvalue weighted by atomic mass is 10.1. The SMILES string of the molecule is O=C1CCc2c(Oc3ccc4c(c3)[C@H]3[C@H](NC(=O)c5ccc(-c6ccccc6)o5)[C@H]3O4)ccnc2N1. The van der Waals surface area contributed by atoms with Crippen molar-refractivity contribution in [2.75, 3.05) is 5.32 Å². The standard InChI is InChI=1S/C28H21N3O5/c32-23-11-7-17-21(12-13-29-27(17)30-23)34-16-6-8-20-18(14-16)24-25(26(24)36-20)31-28(33)22-10-9-19(35-22)15-4-2-1-3-5-15/h1-6,8-10,12-14,24-26H,7,11H2,(H,31,33)(H,29,30,32)/t24-,25-,26-/m0/s1. The number of anilines is 1. The Morgan fingerprint density at radius 2 is 1.94 bits per heavy atom. The summed E-state index contributed by atoms with van der Waals surface area (Å²) in [5, 5.41) is 5.84. The molecule has 3 aliphatic rings. The first-order chi connectivity index (χ1) is 17.6. The number of amides is 2. The molecule has 2 amide bonds. The molecule has 2 aromatic carbocycles. The van der Waals surface area contributed by atoms with E-state index in [9.17, 15) is 9.59 Å². The third-order valence-electron chi connectivity index (χ3n) is 6.84. The summed E-state index contributed by atoms with van der Waals surface area (Å²) in [5.74, 6) is 3.36. The highest BCUT2D eigenvalue weighted by Gasteiger charge is 2.60. The highest BCUT2D eigenvalue weighted by molar-refractivity contribution is 5.93. The fourth-order valence-electron chi connectivity index (χ4n) is 5.00. The van der Waals surface area contributed by atoms with Crippen LogP contribution in [-0.4, -0.2) is 28.9 Å². The molecule has 0 saturated heterocycles. The molecule has 1 saturated carbocycles. The number of pyridine rings is 1. The Morgan fingerprint density at radius 1 is 1.06 bits per heavy atom. The van der Waals surface area contributed by atoms with Crippen molar-refractivity contribution in [3.05, 3.63) is 89.8 Å². The average molecular weight is 479 g/mol. The first-order valence-corrected chi connectivity index (χ1v) is 11.9. The summed E-state index contributed by atoms with van der Waals surface area (Å²) in [6.07, 6.45) is 2.50. The number of furan rings is 1. The van der Waals surface area contributed by atoms with Crippen molar-refractivity contribution in [1.29, 1.82) is 0 Å². The fourth-order valence-corrected chi connectivity index (χ4v) is 5.00. The first kappa shape index (κ1) is 20.8. The molecule has 2 aliphatic heterocycles. The van der Waals surface area contributed by atoms with E-state index in [0.29, 0.717) is 35.9 Å². The Labute approximate surface area is 206 Å². The number of carbonyl (C=O) groups excluding carboxylic acids is 2. The number of nitrogens with one attached hydrogen (secondary N) is 2. The number of fused-ring (bicyclic) bond motifs is 4. The lowest BCUT2D eigenvalue weighted by Gasteiger charge is -2.19. The normalized spacial score (nSPS) is 20.9. The summed E-state index contributed by atoms with van der Waals surface area (Å²) in [7, 11) is 0. The van der Waals surface area contributed by atoms with Gasteiger partial charge in [-0.2, -0.15) is 0 Å². The molecule has 2 aromatic heterocycles. The van der Waals surface area contributed by atoms with E-state index in [-0.39, 0.29) is 35.6 Å². The van der Waals surface area contributed by atoms with Crippen molar-refractivity contribution in [2.24, 2.45) is 0 Å². The lowest BCUT2D eigenvalue weighted by molar-refractivity contribution is -0.116. The molecule has 1 aliphatic carbocycles.